The number of hydrogen-bond acceptors (Lipinski definition) is 4. The first-order valence-electron chi connectivity index (χ1n) is 8.95. The van der Waals surface area contributed by atoms with Crippen LogP contribution >= 0.6 is 0 Å². The number of rotatable bonds is 7. The second kappa shape index (κ2) is 9.37. The van der Waals surface area contributed by atoms with Crippen molar-refractivity contribution in [2.24, 2.45) is 5.10 Å². The zero-order valence-electron chi connectivity index (χ0n) is 15.8. The number of methoxy groups -OCH3 is 1. The predicted molar refractivity (Wildman–Crippen MR) is 111 cm³/mol. The minimum absolute atomic E-state index is 0.322. The third-order valence-electron chi connectivity index (χ3n) is 4.15. The minimum Gasteiger partial charge on any atom is -0.497 e. The fourth-order valence-corrected chi connectivity index (χ4v) is 2.57. The molecule has 0 radical (unpaired) electrons. The molecule has 3 aromatic carbocycles. The van der Waals surface area contributed by atoms with Crippen LogP contribution in [-0.2, 0) is 4.79 Å². The van der Waals surface area contributed by atoms with Crippen molar-refractivity contribution in [2.75, 3.05) is 7.11 Å². The number of nitrogens with zero attached hydrogens (tertiary/aromatic N) is 1. The van der Waals surface area contributed by atoms with E-state index in [2.05, 4.69) is 10.5 Å². The molecule has 5 nitrogen and oxygen atoms in total. The van der Waals surface area contributed by atoms with Crippen LogP contribution in [0.25, 0.3) is 11.1 Å². The van der Waals surface area contributed by atoms with Crippen LogP contribution in [0.4, 0.5) is 0 Å². The Hall–Kier alpha value is -3.60. The van der Waals surface area contributed by atoms with Gasteiger partial charge in [0.2, 0.25) is 0 Å². The molecular formula is C23H22N2O3. The number of hydrazone groups is 1. The predicted octanol–water partition coefficient (Wildman–Crippen LogP) is 4.28. The fourth-order valence-electron chi connectivity index (χ4n) is 2.57. The van der Waals surface area contributed by atoms with Gasteiger partial charge in [0.1, 0.15) is 11.5 Å². The zero-order chi connectivity index (χ0) is 19.8. The first kappa shape index (κ1) is 19.2. The van der Waals surface area contributed by atoms with Gasteiger partial charge in [-0.2, -0.15) is 5.10 Å². The summed E-state index contributed by atoms with van der Waals surface area (Å²) < 4.78 is 10.8. The number of amides is 1. The van der Waals surface area contributed by atoms with Crippen LogP contribution in [0, 0.1) is 0 Å². The molecule has 1 atom stereocenters. The zero-order valence-corrected chi connectivity index (χ0v) is 15.8. The molecule has 0 heterocycles. The van der Waals surface area contributed by atoms with Gasteiger partial charge in [-0.3, -0.25) is 4.79 Å². The van der Waals surface area contributed by atoms with Gasteiger partial charge in [0.05, 0.1) is 13.3 Å². The number of benzene rings is 3. The molecule has 142 valence electrons. The molecule has 3 rings (SSSR count). The van der Waals surface area contributed by atoms with Crippen molar-refractivity contribution in [1.82, 2.24) is 5.43 Å². The van der Waals surface area contributed by atoms with E-state index in [1.807, 2.05) is 78.9 Å². The Morgan fingerprint density at radius 2 is 1.50 bits per heavy atom. The highest BCUT2D eigenvalue weighted by Crippen LogP contribution is 2.22. The standard InChI is InChI=1S/C23H22N2O3/c1-17(23(26)25-24-16-18-8-12-21(27-2)13-9-18)28-22-14-10-20(11-15-22)19-6-4-3-5-7-19/h3-17H,1-2H3,(H,25,26)/b24-16+. The maximum absolute atomic E-state index is 12.2. The van der Waals surface area contributed by atoms with E-state index in [4.69, 9.17) is 9.47 Å². The average molecular weight is 374 g/mol. The molecule has 0 aromatic heterocycles. The third-order valence-corrected chi connectivity index (χ3v) is 4.15. The number of hydrogen-bond donors (Lipinski definition) is 1. The van der Waals surface area contributed by atoms with Gasteiger partial charge in [0, 0.05) is 0 Å². The van der Waals surface area contributed by atoms with Crippen LogP contribution in [0.5, 0.6) is 11.5 Å². The smallest absolute Gasteiger partial charge is 0.280 e. The molecule has 3 aromatic rings. The average Bonchev–Trinajstić information content (AvgIpc) is 2.75. The van der Waals surface area contributed by atoms with Gasteiger partial charge >= 0.3 is 0 Å². The van der Waals surface area contributed by atoms with Crippen molar-refractivity contribution in [1.29, 1.82) is 0 Å². The van der Waals surface area contributed by atoms with Crippen molar-refractivity contribution >= 4 is 12.1 Å². The number of carbonyl (C=O) groups is 1. The first-order valence-corrected chi connectivity index (χ1v) is 8.95. The van der Waals surface area contributed by atoms with Crippen LogP contribution in [0.1, 0.15) is 12.5 Å². The Morgan fingerprint density at radius 1 is 0.893 bits per heavy atom. The van der Waals surface area contributed by atoms with Crippen LogP contribution in [0.2, 0.25) is 0 Å². The molecule has 0 spiro atoms. The van der Waals surface area contributed by atoms with Crippen molar-refractivity contribution in [3.8, 4) is 22.6 Å². The second-order valence-corrected chi connectivity index (χ2v) is 6.16. The van der Waals surface area contributed by atoms with Gasteiger partial charge in [-0.25, -0.2) is 5.43 Å². The summed E-state index contributed by atoms with van der Waals surface area (Å²) in [7, 11) is 1.61. The van der Waals surface area contributed by atoms with Crippen LogP contribution in [-0.4, -0.2) is 25.3 Å². The summed E-state index contributed by atoms with van der Waals surface area (Å²) in [5.74, 6) is 1.07. The monoisotopic (exact) mass is 374 g/mol. The first-order chi connectivity index (χ1) is 13.7. The largest absolute Gasteiger partial charge is 0.497 e. The number of nitrogens with one attached hydrogen (secondary N) is 1. The molecule has 0 aliphatic rings. The van der Waals surface area contributed by atoms with Crippen molar-refractivity contribution in [3.05, 3.63) is 84.4 Å². The molecule has 5 heteroatoms. The summed E-state index contributed by atoms with van der Waals surface area (Å²) in [5, 5.41) is 3.97. The van der Waals surface area contributed by atoms with Gasteiger partial charge in [-0.1, -0.05) is 42.5 Å². The van der Waals surface area contributed by atoms with E-state index in [1.54, 1.807) is 20.2 Å². The summed E-state index contributed by atoms with van der Waals surface area (Å²) in [6, 6.07) is 25.1. The van der Waals surface area contributed by atoms with E-state index in [1.165, 1.54) is 0 Å². The third kappa shape index (κ3) is 5.20. The second-order valence-electron chi connectivity index (χ2n) is 6.16. The van der Waals surface area contributed by atoms with E-state index in [0.717, 1.165) is 22.4 Å². The Kier molecular flexibility index (Phi) is 6.41. The number of ether oxygens (including phenoxy) is 2. The lowest BCUT2D eigenvalue weighted by atomic mass is 10.1. The Balaban J connectivity index is 1.52. The van der Waals surface area contributed by atoms with E-state index in [9.17, 15) is 4.79 Å². The Labute approximate surface area is 164 Å². The van der Waals surface area contributed by atoms with Crippen LogP contribution in [0.15, 0.2) is 84.0 Å². The lowest BCUT2D eigenvalue weighted by Gasteiger charge is -2.13. The van der Waals surface area contributed by atoms with Crippen molar-refractivity contribution in [2.45, 2.75) is 13.0 Å². The van der Waals surface area contributed by atoms with Gasteiger partial charge in [0.15, 0.2) is 6.10 Å². The molecule has 0 bridgehead atoms. The number of carbonyl (C=O) groups excluding carboxylic acids is 1. The molecule has 0 aliphatic heterocycles. The summed E-state index contributed by atoms with van der Waals surface area (Å²) in [4.78, 5) is 12.2. The van der Waals surface area contributed by atoms with Crippen molar-refractivity contribution < 1.29 is 14.3 Å². The summed E-state index contributed by atoms with van der Waals surface area (Å²) in [5.41, 5.74) is 5.57. The van der Waals surface area contributed by atoms with Gasteiger partial charge in [0.25, 0.3) is 5.91 Å². The fraction of sp³-hybridized carbons (Fsp3) is 0.130. The lowest BCUT2D eigenvalue weighted by molar-refractivity contribution is -0.127. The van der Waals surface area contributed by atoms with Gasteiger partial charge < -0.3 is 9.47 Å². The lowest BCUT2D eigenvalue weighted by Crippen LogP contribution is -2.33. The SMILES string of the molecule is COc1ccc(/C=N/NC(=O)C(C)Oc2ccc(-c3ccccc3)cc2)cc1. The molecule has 0 aliphatic carbocycles. The highest BCUT2D eigenvalue weighted by Gasteiger charge is 2.13. The Morgan fingerprint density at radius 3 is 2.14 bits per heavy atom. The van der Waals surface area contributed by atoms with Gasteiger partial charge in [-0.05, 0) is 60.0 Å². The molecule has 1 amide bonds. The van der Waals surface area contributed by atoms with E-state index >= 15 is 0 Å². The minimum atomic E-state index is -0.671. The van der Waals surface area contributed by atoms with E-state index in [-0.39, 0.29) is 5.91 Å². The van der Waals surface area contributed by atoms with E-state index in [0.29, 0.717) is 5.75 Å². The molecule has 0 fully saturated rings. The summed E-state index contributed by atoms with van der Waals surface area (Å²) in [6.07, 6.45) is 0.897. The normalized spacial score (nSPS) is 11.8. The molecule has 1 unspecified atom stereocenters. The summed E-state index contributed by atoms with van der Waals surface area (Å²) in [6.45, 7) is 1.68. The summed E-state index contributed by atoms with van der Waals surface area (Å²) >= 11 is 0. The van der Waals surface area contributed by atoms with Gasteiger partial charge in [-0.15, -0.1) is 0 Å². The molecular weight excluding hydrogens is 352 g/mol. The molecule has 0 saturated heterocycles. The van der Waals surface area contributed by atoms with Crippen LogP contribution < -0.4 is 14.9 Å². The molecule has 0 saturated carbocycles. The highest BCUT2D eigenvalue weighted by molar-refractivity contribution is 5.84. The highest BCUT2D eigenvalue weighted by atomic mass is 16.5. The molecule has 28 heavy (non-hydrogen) atoms. The Bertz CT molecular complexity index is 920. The maximum Gasteiger partial charge on any atom is 0.280 e. The van der Waals surface area contributed by atoms with E-state index < -0.39 is 6.10 Å². The maximum atomic E-state index is 12.2. The molecule has 1 N–H and O–H groups in total. The van der Waals surface area contributed by atoms with Crippen molar-refractivity contribution in [3.63, 3.8) is 0 Å². The topological polar surface area (TPSA) is 59.9 Å². The quantitative estimate of drug-likeness (QED) is 0.496. The van der Waals surface area contributed by atoms with Crippen LogP contribution in [0.3, 0.4) is 0 Å².